The molecule has 0 saturated carbocycles. The van der Waals surface area contributed by atoms with E-state index >= 15 is 0 Å². The predicted molar refractivity (Wildman–Crippen MR) is 107 cm³/mol. The van der Waals surface area contributed by atoms with Crippen LogP contribution in [0, 0.1) is 13.8 Å². The molecule has 0 radical (unpaired) electrons. The first-order chi connectivity index (χ1) is 12.5. The van der Waals surface area contributed by atoms with Crippen LogP contribution in [0.1, 0.15) is 28.9 Å². The van der Waals surface area contributed by atoms with Gasteiger partial charge in [-0.25, -0.2) is 4.98 Å². The van der Waals surface area contributed by atoms with Crippen molar-refractivity contribution in [2.24, 2.45) is 0 Å². The van der Waals surface area contributed by atoms with E-state index in [0.29, 0.717) is 23.5 Å². The third-order valence-electron chi connectivity index (χ3n) is 4.10. The number of carbonyl (C=O) groups excluding carboxylic acids is 1. The number of aryl methyl sites for hydroxylation is 2. The summed E-state index contributed by atoms with van der Waals surface area (Å²) in [5, 5.41) is 3.29. The van der Waals surface area contributed by atoms with Crippen molar-refractivity contribution in [1.29, 1.82) is 0 Å². The number of hydrogen-bond acceptors (Lipinski definition) is 6. The Morgan fingerprint density at radius 1 is 1.38 bits per heavy atom. The molecule has 3 heterocycles. The number of thioether (sulfide) groups is 1. The van der Waals surface area contributed by atoms with Crippen LogP contribution in [0.5, 0.6) is 0 Å². The Morgan fingerprint density at radius 3 is 2.92 bits per heavy atom. The summed E-state index contributed by atoms with van der Waals surface area (Å²) < 4.78 is 0. The molecule has 136 valence electrons. The van der Waals surface area contributed by atoms with Gasteiger partial charge in [-0.3, -0.25) is 14.6 Å². The summed E-state index contributed by atoms with van der Waals surface area (Å²) in [6.07, 6.45) is 1.70. The third-order valence-corrected chi connectivity index (χ3v) is 6.35. The lowest BCUT2D eigenvalue weighted by atomic mass is 10.2. The topological polar surface area (TPSA) is 87.7 Å². The predicted octanol–water partition coefficient (Wildman–Crippen LogP) is 2.93. The fourth-order valence-electron chi connectivity index (χ4n) is 2.47. The number of nitrogens with one attached hydrogen (secondary N) is 2. The van der Waals surface area contributed by atoms with Gasteiger partial charge in [0.15, 0.2) is 0 Å². The molecule has 0 aliphatic rings. The van der Waals surface area contributed by atoms with Crippen LogP contribution in [0.3, 0.4) is 0 Å². The SMILES string of the molecule is Cc1sc2nc(CSC(C)C(=O)NCc3ccccn3)[nH]c(=O)c2c1C. The van der Waals surface area contributed by atoms with Crippen molar-refractivity contribution >= 4 is 39.2 Å². The first kappa shape index (κ1) is 18.6. The maximum Gasteiger partial charge on any atom is 0.259 e. The molecule has 0 aliphatic carbocycles. The number of H-pyrrole nitrogens is 1. The Hall–Kier alpha value is -2.19. The van der Waals surface area contributed by atoms with Crippen LogP contribution in [0.2, 0.25) is 0 Å². The molecule has 3 aromatic heterocycles. The highest BCUT2D eigenvalue weighted by Gasteiger charge is 2.16. The Labute approximate surface area is 159 Å². The number of hydrogen-bond donors (Lipinski definition) is 2. The fourth-order valence-corrected chi connectivity index (χ4v) is 4.30. The number of pyridine rings is 1. The summed E-state index contributed by atoms with van der Waals surface area (Å²) >= 11 is 2.97. The number of nitrogens with zero attached hydrogens (tertiary/aromatic N) is 2. The van der Waals surface area contributed by atoms with Crippen molar-refractivity contribution in [3.63, 3.8) is 0 Å². The Balaban J connectivity index is 1.60. The maximum atomic E-state index is 12.3. The molecule has 6 nitrogen and oxygen atoms in total. The lowest BCUT2D eigenvalue weighted by Gasteiger charge is -2.11. The monoisotopic (exact) mass is 388 g/mol. The molecule has 0 aliphatic heterocycles. The van der Waals surface area contributed by atoms with Gasteiger partial charge in [-0.1, -0.05) is 6.07 Å². The maximum absolute atomic E-state index is 12.3. The average Bonchev–Trinajstić information content (AvgIpc) is 2.92. The summed E-state index contributed by atoms with van der Waals surface area (Å²) in [5.41, 5.74) is 1.69. The Kier molecular flexibility index (Phi) is 5.73. The molecule has 26 heavy (non-hydrogen) atoms. The molecule has 3 aromatic rings. The Morgan fingerprint density at radius 2 is 2.19 bits per heavy atom. The number of fused-ring (bicyclic) bond motifs is 1. The van der Waals surface area contributed by atoms with E-state index in [2.05, 4.69) is 20.3 Å². The minimum absolute atomic E-state index is 0.0631. The lowest BCUT2D eigenvalue weighted by Crippen LogP contribution is -2.30. The molecule has 1 unspecified atom stereocenters. The fraction of sp³-hybridized carbons (Fsp3) is 0.333. The van der Waals surface area contributed by atoms with Gasteiger partial charge in [-0.2, -0.15) is 0 Å². The highest BCUT2D eigenvalue weighted by atomic mass is 32.2. The van der Waals surface area contributed by atoms with Crippen LogP contribution < -0.4 is 10.9 Å². The van der Waals surface area contributed by atoms with Gasteiger partial charge in [-0.15, -0.1) is 23.1 Å². The van der Waals surface area contributed by atoms with Crippen LogP contribution in [-0.2, 0) is 17.1 Å². The molecule has 1 atom stereocenters. The molecule has 1 amide bonds. The molecule has 3 rings (SSSR count). The average molecular weight is 389 g/mol. The van der Waals surface area contributed by atoms with Crippen molar-refractivity contribution < 1.29 is 4.79 Å². The molecule has 8 heteroatoms. The quantitative estimate of drug-likeness (QED) is 0.678. The van der Waals surface area contributed by atoms with Gasteiger partial charge >= 0.3 is 0 Å². The largest absolute Gasteiger partial charge is 0.349 e. The van der Waals surface area contributed by atoms with E-state index in [4.69, 9.17) is 0 Å². The van der Waals surface area contributed by atoms with Gasteiger partial charge in [0.2, 0.25) is 5.91 Å². The van der Waals surface area contributed by atoms with Crippen molar-refractivity contribution in [1.82, 2.24) is 20.3 Å². The highest BCUT2D eigenvalue weighted by molar-refractivity contribution is 7.99. The number of rotatable bonds is 6. The molecule has 0 aromatic carbocycles. The smallest absolute Gasteiger partial charge is 0.259 e. The Bertz CT molecular complexity index is 982. The van der Waals surface area contributed by atoms with Crippen molar-refractivity contribution in [2.45, 2.75) is 38.3 Å². The summed E-state index contributed by atoms with van der Waals surface area (Å²) in [4.78, 5) is 37.9. The van der Waals surface area contributed by atoms with Gasteiger partial charge in [0, 0.05) is 11.1 Å². The van der Waals surface area contributed by atoms with E-state index in [1.54, 1.807) is 6.20 Å². The number of carbonyl (C=O) groups is 1. The zero-order valence-electron chi connectivity index (χ0n) is 14.8. The number of aromatic nitrogens is 3. The van der Waals surface area contributed by atoms with Gasteiger partial charge in [-0.05, 0) is 38.5 Å². The highest BCUT2D eigenvalue weighted by Crippen LogP contribution is 2.26. The second-order valence-corrected chi connectivity index (χ2v) is 8.50. The first-order valence-corrected chi connectivity index (χ1v) is 10.1. The summed E-state index contributed by atoms with van der Waals surface area (Å²) in [6.45, 7) is 6.17. The summed E-state index contributed by atoms with van der Waals surface area (Å²) in [5.74, 6) is 1.00. The zero-order chi connectivity index (χ0) is 18.7. The first-order valence-electron chi connectivity index (χ1n) is 8.24. The van der Waals surface area contributed by atoms with E-state index < -0.39 is 0 Å². The number of aromatic amines is 1. The van der Waals surface area contributed by atoms with Gasteiger partial charge in [0.05, 0.1) is 28.6 Å². The minimum Gasteiger partial charge on any atom is -0.349 e. The van der Waals surface area contributed by atoms with Crippen molar-refractivity contribution in [3.05, 3.63) is 56.7 Å². The van der Waals surface area contributed by atoms with E-state index in [1.165, 1.54) is 23.1 Å². The molecule has 0 bridgehead atoms. The summed E-state index contributed by atoms with van der Waals surface area (Å²) in [7, 11) is 0. The van der Waals surface area contributed by atoms with E-state index in [1.807, 2.05) is 39.0 Å². The molecular formula is C18H20N4O2S2. The van der Waals surface area contributed by atoms with E-state index in [0.717, 1.165) is 21.0 Å². The molecule has 0 fully saturated rings. The van der Waals surface area contributed by atoms with Crippen LogP contribution >= 0.6 is 23.1 Å². The second-order valence-electron chi connectivity index (χ2n) is 5.97. The zero-order valence-corrected chi connectivity index (χ0v) is 16.5. The normalized spacial score (nSPS) is 12.3. The van der Waals surface area contributed by atoms with Gasteiger partial charge in [0.25, 0.3) is 5.56 Å². The number of thiophene rings is 1. The van der Waals surface area contributed by atoms with Crippen LogP contribution in [0.25, 0.3) is 10.2 Å². The second kappa shape index (κ2) is 8.01. The van der Waals surface area contributed by atoms with Crippen LogP contribution in [0.4, 0.5) is 0 Å². The number of amides is 1. The van der Waals surface area contributed by atoms with E-state index in [9.17, 15) is 9.59 Å². The lowest BCUT2D eigenvalue weighted by molar-refractivity contribution is -0.120. The molecule has 2 N–H and O–H groups in total. The van der Waals surface area contributed by atoms with Crippen molar-refractivity contribution in [2.75, 3.05) is 0 Å². The van der Waals surface area contributed by atoms with Crippen molar-refractivity contribution in [3.8, 4) is 0 Å². The van der Waals surface area contributed by atoms with Gasteiger partial charge < -0.3 is 10.3 Å². The third kappa shape index (κ3) is 4.13. The molecule has 0 saturated heterocycles. The van der Waals surface area contributed by atoms with Gasteiger partial charge in [0.1, 0.15) is 10.7 Å². The minimum atomic E-state index is -0.258. The van der Waals surface area contributed by atoms with Crippen LogP contribution in [0.15, 0.2) is 29.2 Å². The van der Waals surface area contributed by atoms with E-state index in [-0.39, 0.29) is 16.7 Å². The molecule has 0 spiro atoms. The van der Waals surface area contributed by atoms with Crippen LogP contribution in [-0.4, -0.2) is 26.1 Å². The summed E-state index contributed by atoms with van der Waals surface area (Å²) in [6, 6.07) is 5.59. The standard InChI is InChI=1S/C18H20N4O2S2/c1-10-11(2)26-18-15(10)17(24)21-14(22-18)9-25-12(3)16(23)20-8-13-6-4-5-7-19-13/h4-7,12H,8-9H2,1-3H3,(H,20,23)(H,21,22,24). The molecular weight excluding hydrogens is 368 g/mol.